The Hall–Kier alpha value is -0.870. The Labute approximate surface area is 103 Å². The number of aryl methyl sites for hydroxylation is 1. The molecular formula is C13H19NO2S. The zero-order chi connectivity index (χ0) is 12.3. The van der Waals surface area contributed by atoms with Crippen LogP contribution in [-0.2, 0) is 22.8 Å². The van der Waals surface area contributed by atoms with Crippen molar-refractivity contribution in [3.63, 3.8) is 0 Å². The molecule has 1 heterocycles. The van der Waals surface area contributed by atoms with E-state index in [0.29, 0.717) is 11.5 Å². The maximum Gasteiger partial charge on any atom is 0.151 e. The van der Waals surface area contributed by atoms with Crippen molar-refractivity contribution < 1.29 is 8.42 Å². The predicted molar refractivity (Wildman–Crippen MR) is 69.7 cm³/mol. The molecule has 1 aromatic rings. The largest absolute Gasteiger partial charge is 0.309 e. The van der Waals surface area contributed by atoms with Crippen molar-refractivity contribution in [3.8, 4) is 0 Å². The maximum absolute atomic E-state index is 11.3. The average Bonchev–Trinajstić information content (AvgIpc) is 2.67. The van der Waals surface area contributed by atoms with Crippen molar-refractivity contribution in [2.75, 3.05) is 11.5 Å². The summed E-state index contributed by atoms with van der Waals surface area (Å²) in [5.74, 6) is 0.624. The molecule has 1 aliphatic heterocycles. The van der Waals surface area contributed by atoms with E-state index in [-0.39, 0.29) is 6.04 Å². The lowest BCUT2D eigenvalue weighted by molar-refractivity contribution is 0.554. The Morgan fingerprint density at radius 2 is 1.88 bits per heavy atom. The molecule has 1 unspecified atom stereocenters. The van der Waals surface area contributed by atoms with Crippen LogP contribution in [0.3, 0.4) is 0 Å². The van der Waals surface area contributed by atoms with Gasteiger partial charge in [0, 0.05) is 12.6 Å². The molecule has 1 N–H and O–H groups in total. The molecule has 1 saturated heterocycles. The van der Waals surface area contributed by atoms with Gasteiger partial charge in [-0.3, -0.25) is 0 Å². The second kappa shape index (κ2) is 5.19. The Morgan fingerprint density at radius 3 is 2.41 bits per heavy atom. The molecule has 17 heavy (non-hydrogen) atoms. The van der Waals surface area contributed by atoms with E-state index in [4.69, 9.17) is 0 Å². The van der Waals surface area contributed by atoms with Crippen LogP contribution in [0, 0.1) is 0 Å². The number of hydrogen-bond donors (Lipinski definition) is 1. The van der Waals surface area contributed by atoms with E-state index in [1.165, 1.54) is 11.1 Å². The third-order valence-corrected chi connectivity index (χ3v) is 5.03. The van der Waals surface area contributed by atoms with Gasteiger partial charge in [-0.25, -0.2) is 8.42 Å². The monoisotopic (exact) mass is 253 g/mol. The molecule has 2 rings (SSSR count). The van der Waals surface area contributed by atoms with Crippen LogP contribution in [-0.4, -0.2) is 26.0 Å². The van der Waals surface area contributed by atoms with E-state index in [2.05, 4.69) is 36.5 Å². The Bertz CT molecular complexity index is 465. The highest BCUT2D eigenvalue weighted by Crippen LogP contribution is 2.12. The minimum atomic E-state index is -2.77. The van der Waals surface area contributed by atoms with Crippen LogP contribution in [0.25, 0.3) is 0 Å². The Morgan fingerprint density at radius 1 is 1.24 bits per heavy atom. The van der Waals surface area contributed by atoms with E-state index in [0.717, 1.165) is 19.4 Å². The highest BCUT2D eigenvalue weighted by atomic mass is 32.2. The molecule has 1 atom stereocenters. The lowest BCUT2D eigenvalue weighted by Gasteiger charge is -2.10. The average molecular weight is 253 g/mol. The van der Waals surface area contributed by atoms with E-state index in [9.17, 15) is 8.42 Å². The Balaban J connectivity index is 1.86. The van der Waals surface area contributed by atoms with Crippen LogP contribution in [0.1, 0.15) is 24.5 Å². The quantitative estimate of drug-likeness (QED) is 0.885. The fourth-order valence-electron chi connectivity index (χ4n) is 2.11. The number of benzene rings is 1. The van der Waals surface area contributed by atoms with Crippen LogP contribution in [0.4, 0.5) is 0 Å². The first kappa shape index (κ1) is 12.6. The molecule has 4 heteroatoms. The van der Waals surface area contributed by atoms with Gasteiger partial charge >= 0.3 is 0 Å². The fourth-order valence-corrected chi connectivity index (χ4v) is 3.82. The van der Waals surface area contributed by atoms with Gasteiger partial charge in [-0.1, -0.05) is 31.2 Å². The van der Waals surface area contributed by atoms with E-state index in [1.54, 1.807) is 0 Å². The summed E-state index contributed by atoms with van der Waals surface area (Å²) in [7, 11) is -2.77. The second-order valence-corrected chi connectivity index (χ2v) is 6.88. The summed E-state index contributed by atoms with van der Waals surface area (Å²) in [5.41, 5.74) is 2.55. The molecule has 0 saturated carbocycles. The molecule has 0 bridgehead atoms. The van der Waals surface area contributed by atoms with Gasteiger partial charge in [0.15, 0.2) is 9.84 Å². The summed E-state index contributed by atoms with van der Waals surface area (Å²) in [6.07, 6.45) is 1.80. The first-order valence-electron chi connectivity index (χ1n) is 6.10. The SMILES string of the molecule is CCc1ccc(CNC2CCS(=O)(=O)C2)cc1. The summed E-state index contributed by atoms with van der Waals surface area (Å²) in [6, 6.07) is 8.60. The minimum absolute atomic E-state index is 0.130. The molecule has 0 amide bonds. The van der Waals surface area contributed by atoms with Crippen molar-refractivity contribution >= 4 is 9.84 Å². The molecule has 1 aliphatic rings. The zero-order valence-electron chi connectivity index (χ0n) is 10.1. The molecular weight excluding hydrogens is 234 g/mol. The van der Waals surface area contributed by atoms with Crippen LogP contribution >= 0.6 is 0 Å². The molecule has 0 aliphatic carbocycles. The van der Waals surface area contributed by atoms with Crippen molar-refractivity contribution in [1.29, 1.82) is 0 Å². The van der Waals surface area contributed by atoms with Crippen LogP contribution in [0.2, 0.25) is 0 Å². The smallest absolute Gasteiger partial charge is 0.151 e. The van der Waals surface area contributed by atoms with Gasteiger partial charge in [0.1, 0.15) is 0 Å². The third kappa shape index (κ3) is 3.54. The minimum Gasteiger partial charge on any atom is -0.309 e. The van der Waals surface area contributed by atoms with Gasteiger partial charge in [0.25, 0.3) is 0 Å². The van der Waals surface area contributed by atoms with Crippen molar-refractivity contribution in [3.05, 3.63) is 35.4 Å². The molecule has 3 nitrogen and oxygen atoms in total. The summed E-state index contributed by atoms with van der Waals surface area (Å²) < 4.78 is 22.6. The van der Waals surface area contributed by atoms with Gasteiger partial charge in [-0.05, 0) is 24.0 Å². The molecule has 1 aromatic carbocycles. The van der Waals surface area contributed by atoms with Crippen LogP contribution in [0.15, 0.2) is 24.3 Å². The van der Waals surface area contributed by atoms with Crippen LogP contribution < -0.4 is 5.32 Å². The van der Waals surface area contributed by atoms with Crippen molar-refractivity contribution in [1.82, 2.24) is 5.32 Å². The lowest BCUT2D eigenvalue weighted by atomic mass is 10.1. The zero-order valence-corrected chi connectivity index (χ0v) is 11.0. The molecule has 0 spiro atoms. The Kier molecular flexibility index (Phi) is 3.84. The normalized spacial score (nSPS) is 22.8. The number of rotatable bonds is 4. The van der Waals surface area contributed by atoms with Gasteiger partial charge in [0.2, 0.25) is 0 Å². The van der Waals surface area contributed by atoms with Gasteiger partial charge in [0.05, 0.1) is 11.5 Å². The third-order valence-electron chi connectivity index (χ3n) is 3.26. The predicted octanol–water partition coefficient (Wildman–Crippen LogP) is 1.53. The highest BCUT2D eigenvalue weighted by molar-refractivity contribution is 7.91. The summed E-state index contributed by atoms with van der Waals surface area (Å²) >= 11 is 0. The van der Waals surface area contributed by atoms with E-state index < -0.39 is 9.84 Å². The molecule has 94 valence electrons. The summed E-state index contributed by atoms with van der Waals surface area (Å²) in [4.78, 5) is 0. The number of nitrogens with one attached hydrogen (secondary N) is 1. The van der Waals surface area contributed by atoms with E-state index >= 15 is 0 Å². The van der Waals surface area contributed by atoms with Crippen molar-refractivity contribution in [2.24, 2.45) is 0 Å². The maximum atomic E-state index is 11.3. The highest BCUT2D eigenvalue weighted by Gasteiger charge is 2.27. The standard InChI is InChI=1S/C13H19NO2S/c1-2-11-3-5-12(6-4-11)9-14-13-7-8-17(15,16)10-13/h3-6,13-14H,2,7-10H2,1H3. The first-order chi connectivity index (χ1) is 8.09. The fraction of sp³-hybridized carbons (Fsp3) is 0.538. The van der Waals surface area contributed by atoms with E-state index in [1.807, 2.05) is 0 Å². The lowest BCUT2D eigenvalue weighted by Crippen LogP contribution is -2.29. The number of sulfone groups is 1. The van der Waals surface area contributed by atoms with Gasteiger partial charge < -0.3 is 5.32 Å². The topological polar surface area (TPSA) is 46.2 Å². The molecule has 0 aromatic heterocycles. The summed E-state index contributed by atoms with van der Waals surface area (Å²) in [5, 5.41) is 3.31. The molecule has 0 radical (unpaired) electrons. The molecule has 1 fully saturated rings. The number of hydrogen-bond acceptors (Lipinski definition) is 3. The summed E-state index contributed by atoms with van der Waals surface area (Å²) in [6.45, 7) is 2.89. The van der Waals surface area contributed by atoms with Gasteiger partial charge in [-0.2, -0.15) is 0 Å². The first-order valence-corrected chi connectivity index (χ1v) is 7.93. The van der Waals surface area contributed by atoms with Crippen molar-refractivity contribution in [2.45, 2.75) is 32.4 Å². The van der Waals surface area contributed by atoms with Crippen LogP contribution in [0.5, 0.6) is 0 Å². The van der Waals surface area contributed by atoms with Gasteiger partial charge in [-0.15, -0.1) is 0 Å². The second-order valence-electron chi connectivity index (χ2n) is 4.65.